The van der Waals surface area contributed by atoms with Crippen molar-refractivity contribution in [3.05, 3.63) is 21.4 Å². The van der Waals surface area contributed by atoms with Crippen LogP contribution in [-0.2, 0) is 13.1 Å². The molecule has 0 bridgehead atoms. The van der Waals surface area contributed by atoms with Crippen LogP contribution in [0.2, 0.25) is 0 Å². The minimum Gasteiger partial charge on any atom is -0.309 e. The highest BCUT2D eigenvalue weighted by Gasteiger charge is 2.20. The number of hydrogen-bond acceptors (Lipinski definition) is 4. The lowest BCUT2D eigenvalue weighted by Gasteiger charge is -2.23. The van der Waals surface area contributed by atoms with E-state index in [1.54, 1.807) is 0 Å². The molecule has 0 spiro atoms. The minimum atomic E-state index is 0.641. The standard InChI is InChI=1S/C15H26N2S2/c1-11(10-18-4)17(3)9-13-7-15(19-12(13)2)8-16-14-5-6-14/h7,11,14,16H,5-6,8-10H2,1-4H3. The van der Waals surface area contributed by atoms with Gasteiger partial charge in [0.15, 0.2) is 0 Å². The third-order valence-electron chi connectivity index (χ3n) is 3.79. The van der Waals surface area contributed by atoms with Crippen LogP contribution in [0.5, 0.6) is 0 Å². The normalized spacial score (nSPS) is 17.1. The third kappa shape index (κ3) is 4.78. The fourth-order valence-corrected chi connectivity index (χ4v) is 3.90. The van der Waals surface area contributed by atoms with Gasteiger partial charge in [0.2, 0.25) is 0 Å². The first-order valence-corrected chi connectivity index (χ1v) is 9.32. The van der Waals surface area contributed by atoms with Gasteiger partial charge in [-0.3, -0.25) is 4.90 Å². The molecule has 108 valence electrons. The molecule has 4 heteroatoms. The Morgan fingerprint density at radius 2 is 2.26 bits per heavy atom. The summed E-state index contributed by atoms with van der Waals surface area (Å²) in [4.78, 5) is 5.44. The molecule has 1 heterocycles. The number of thioether (sulfide) groups is 1. The Labute approximate surface area is 126 Å². The van der Waals surface area contributed by atoms with Crippen LogP contribution in [-0.4, -0.2) is 36.0 Å². The fourth-order valence-electron chi connectivity index (χ4n) is 2.16. The second kappa shape index (κ2) is 7.11. The number of thiophene rings is 1. The Hall–Kier alpha value is -0.0300. The zero-order valence-corrected chi connectivity index (χ0v) is 14.2. The highest BCUT2D eigenvalue weighted by molar-refractivity contribution is 7.98. The SMILES string of the molecule is CSCC(C)N(C)Cc1cc(CNC2CC2)sc1C. The van der Waals surface area contributed by atoms with Crippen LogP contribution in [0, 0.1) is 6.92 Å². The first-order chi connectivity index (χ1) is 9.10. The van der Waals surface area contributed by atoms with E-state index in [0.29, 0.717) is 6.04 Å². The van der Waals surface area contributed by atoms with Gasteiger partial charge in [0.1, 0.15) is 0 Å². The van der Waals surface area contributed by atoms with E-state index in [9.17, 15) is 0 Å². The number of rotatable bonds is 8. The quantitative estimate of drug-likeness (QED) is 0.791. The van der Waals surface area contributed by atoms with E-state index >= 15 is 0 Å². The van der Waals surface area contributed by atoms with Gasteiger partial charge in [0.25, 0.3) is 0 Å². The average Bonchev–Trinajstić information content (AvgIpc) is 3.13. The number of hydrogen-bond donors (Lipinski definition) is 1. The van der Waals surface area contributed by atoms with E-state index in [-0.39, 0.29) is 0 Å². The Morgan fingerprint density at radius 3 is 2.89 bits per heavy atom. The van der Waals surface area contributed by atoms with Crippen molar-refractivity contribution in [2.75, 3.05) is 19.1 Å². The van der Waals surface area contributed by atoms with E-state index in [1.807, 2.05) is 23.1 Å². The molecule has 1 aromatic heterocycles. The lowest BCUT2D eigenvalue weighted by Crippen LogP contribution is -2.30. The van der Waals surface area contributed by atoms with Gasteiger partial charge in [0.05, 0.1) is 0 Å². The van der Waals surface area contributed by atoms with Crippen LogP contribution >= 0.6 is 23.1 Å². The van der Waals surface area contributed by atoms with Crippen molar-refractivity contribution in [3.63, 3.8) is 0 Å². The zero-order valence-electron chi connectivity index (χ0n) is 12.5. The summed E-state index contributed by atoms with van der Waals surface area (Å²) in [5.41, 5.74) is 1.51. The molecule has 1 aromatic rings. The second-order valence-electron chi connectivity index (χ2n) is 5.67. The molecule has 1 saturated carbocycles. The highest BCUT2D eigenvalue weighted by atomic mass is 32.2. The number of aryl methyl sites for hydroxylation is 1. The van der Waals surface area contributed by atoms with Crippen LogP contribution in [0.25, 0.3) is 0 Å². The summed E-state index contributed by atoms with van der Waals surface area (Å²) < 4.78 is 0. The Kier molecular flexibility index (Phi) is 5.75. The van der Waals surface area contributed by atoms with Gasteiger partial charge in [0, 0.05) is 40.7 Å². The monoisotopic (exact) mass is 298 g/mol. The summed E-state index contributed by atoms with van der Waals surface area (Å²) in [5.74, 6) is 1.20. The molecule has 0 aliphatic heterocycles. The Balaban J connectivity index is 1.87. The minimum absolute atomic E-state index is 0.641. The molecule has 1 aliphatic carbocycles. The third-order valence-corrected chi connectivity index (χ3v) is 5.70. The van der Waals surface area contributed by atoms with Crippen molar-refractivity contribution < 1.29 is 0 Å². The van der Waals surface area contributed by atoms with Gasteiger partial charge in [-0.05, 0) is 51.6 Å². The molecule has 2 nitrogen and oxygen atoms in total. The Bertz CT molecular complexity index is 399. The topological polar surface area (TPSA) is 15.3 Å². The number of nitrogens with zero attached hydrogens (tertiary/aromatic N) is 1. The second-order valence-corrected chi connectivity index (χ2v) is 7.92. The summed E-state index contributed by atoms with van der Waals surface area (Å²) >= 11 is 3.88. The van der Waals surface area contributed by atoms with Crippen LogP contribution in [0.3, 0.4) is 0 Å². The van der Waals surface area contributed by atoms with Crippen molar-refractivity contribution in [1.29, 1.82) is 0 Å². The van der Waals surface area contributed by atoms with Gasteiger partial charge in [-0.25, -0.2) is 0 Å². The molecule has 0 saturated heterocycles. The first kappa shape index (κ1) is 15.4. The van der Waals surface area contributed by atoms with Gasteiger partial charge >= 0.3 is 0 Å². The van der Waals surface area contributed by atoms with Crippen molar-refractivity contribution in [3.8, 4) is 0 Å². The molecular formula is C15H26N2S2. The molecule has 1 atom stereocenters. The Morgan fingerprint density at radius 1 is 1.53 bits per heavy atom. The van der Waals surface area contributed by atoms with Crippen LogP contribution in [0.4, 0.5) is 0 Å². The van der Waals surface area contributed by atoms with Crippen molar-refractivity contribution >= 4 is 23.1 Å². The summed E-state index contributed by atoms with van der Waals surface area (Å²) in [6, 6.07) is 3.84. The predicted octanol–water partition coefficient (Wildman–Crippen LogP) is 3.49. The average molecular weight is 299 g/mol. The molecule has 1 unspecified atom stereocenters. The maximum absolute atomic E-state index is 3.60. The molecule has 1 aliphatic rings. The van der Waals surface area contributed by atoms with Crippen molar-refractivity contribution in [1.82, 2.24) is 10.2 Å². The molecule has 0 amide bonds. The lowest BCUT2D eigenvalue weighted by atomic mass is 10.2. The van der Waals surface area contributed by atoms with Gasteiger partial charge in [-0.1, -0.05) is 0 Å². The van der Waals surface area contributed by atoms with E-state index in [1.165, 1.54) is 33.9 Å². The molecular weight excluding hydrogens is 272 g/mol. The van der Waals surface area contributed by atoms with E-state index in [2.05, 4.69) is 43.4 Å². The van der Waals surface area contributed by atoms with Gasteiger partial charge < -0.3 is 5.32 Å². The van der Waals surface area contributed by atoms with Crippen molar-refractivity contribution in [2.24, 2.45) is 0 Å². The number of nitrogens with one attached hydrogen (secondary N) is 1. The molecule has 2 rings (SSSR count). The van der Waals surface area contributed by atoms with Crippen LogP contribution < -0.4 is 5.32 Å². The summed E-state index contributed by atoms with van der Waals surface area (Å²) in [6.07, 6.45) is 4.92. The van der Waals surface area contributed by atoms with Gasteiger partial charge in [-0.2, -0.15) is 11.8 Å². The zero-order chi connectivity index (χ0) is 13.8. The summed E-state index contributed by atoms with van der Waals surface area (Å²) in [7, 11) is 2.24. The van der Waals surface area contributed by atoms with Gasteiger partial charge in [-0.15, -0.1) is 11.3 Å². The predicted molar refractivity (Wildman–Crippen MR) is 88.2 cm³/mol. The summed E-state index contributed by atoms with van der Waals surface area (Å²) in [5, 5.41) is 3.60. The first-order valence-electron chi connectivity index (χ1n) is 7.11. The molecule has 1 fully saturated rings. The van der Waals surface area contributed by atoms with E-state index in [4.69, 9.17) is 0 Å². The van der Waals surface area contributed by atoms with Crippen LogP contribution in [0.15, 0.2) is 6.07 Å². The van der Waals surface area contributed by atoms with Crippen LogP contribution in [0.1, 0.15) is 35.1 Å². The van der Waals surface area contributed by atoms with E-state index in [0.717, 1.165) is 19.1 Å². The molecule has 1 N–H and O–H groups in total. The molecule has 0 radical (unpaired) electrons. The maximum Gasteiger partial charge on any atom is 0.0302 e. The largest absolute Gasteiger partial charge is 0.309 e. The fraction of sp³-hybridized carbons (Fsp3) is 0.733. The maximum atomic E-state index is 3.60. The summed E-state index contributed by atoms with van der Waals surface area (Å²) in [6.45, 7) is 6.70. The molecule has 0 aromatic carbocycles. The highest BCUT2D eigenvalue weighted by Crippen LogP contribution is 2.25. The van der Waals surface area contributed by atoms with Crippen molar-refractivity contribution in [2.45, 2.75) is 51.9 Å². The van der Waals surface area contributed by atoms with E-state index < -0.39 is 0 Å². The smallest absolute Gasteiger partial charge is 0.0302 e. The molecule has 19 heavy (non-hydrogen) atoms. The lowest BCUT2D eigenvalue weighted by molar-refractivity contribution is 0.269.